The van der Waals surface area contributed by atoms with Crippen LogP contribution in [-0.2, 0) is 0 Å². The van der Waals surface area contributed by atoms with Gasteiger partial charge in [0, 0.05) is 10.6 Å². The Hall–Kier alpha value is -1.88. The molecule has 0 aliphatic heterocycles. The highest BCUT2D eigenvalue weighted by atomic mass is 32.2. The Kier molecular flexibility index (Phi) is 3.10. The number of anilines is 1. The Morgan fingerprint density at radius 3 is 2.76 bits per heavy atom. The maximum absolute atomic E-state index is 10.9. The minimum atomic E-state index is -1.02. The second-order valence-electron chi connectivity index (χ2n) is 3.50. The molecule has 0 radical (unpaired) electrons. The molecule has 0 aliphatic carbocycles. The van der Waals surface area contributed by atoms with Crippen LogP contribution in [0.15, 0.2) is 44.7 Å². The summed E-state index contributed by atoms with van der Waals surface area (Å²) < 4.78 is 5.18. The van der Waals surface area contributed by atoms with Crippen molar-refractivity contribution in [1.29, 1.82) is 0 Å². The van der Waals surface area contributed by atoms with Gasteiger partial charge in [-0.3, -0.25) is 0 Å². The highest BCUT2D eigenvalue weighted by Crippen LogP contribution is 2.32. The van der Waals surface area contributed by atoms with E-state index in [-0.39, 0.29) is 11.3 Å². The van der Waals surface area contributed by atoms with Gasteiger partial charge in [0.2, 0.25) is 0 Å². The second kappa shape index (κ2) is 4.55. The van der Waals surface area contributed by atoms with E-state index in [9.17, 15) is 4.79 Å². The van der Waals surface area contributed by atoms with Gasteiger partial charge >= 0.3 is 5.97 Å². The van der Waals surface area contributed by atoms with Crippen molar-refractivity contribution in [2.45, 2.75) is 16.7 Å². The molecule has 1 heterocycles. The van der Waals surface area contributed by atoms with Gasteiger partial charge in [0.15, 0.2) is 0 Å². The third-order valence-corrected chi connectivity index (χ3v) is 3.43. The van der Waals surface area contributed by atoms with Crippen LogP contribution >= 0.6 is 11.8 Å². The summed E-state index contributed by atoms with van der Waals surface area (Å²) in [5.74, 6) is -0.211. The molecule has 1 aromatic heterocycles. The largest absolute Gasteiger partial charge is 0.478 e. The number of carbonyl (C=O) groups is 1. The highest BCUT2D eigenvalue weighted by molar-refractivity contribution is 7.99. The van der Waals surface area contributed by atoms with Crippen LogP contribution in [0.1, 0.15) is 16.1 Å². The molecule has 0 fully saturated rings. The van der Waals surface area contributed by atoms with Crippen molar-refractivity contribution in [3.05, 3.63) is 41.9 Å². The number of carboxylic acid groups (broad SMARTS) is 1. The van der Waals surface area contributed by atoms with Crippen molar-refractivity contribution in [1.82, 2.24) is 0 Å². The maximum Gasteiger partial charge on any atom is 0.337 e. The summed E-state index contributed by atoms with van der Waals surface area (Å²) in [6, 6.07) is 6.80. The van der Waals surface area contributed by atoms with Crippen molar-refractivity contribution in [3.8, 4) is 0 Å². The number of furan rings is 1. The van der Waals surface area contributed by atoms with Crippen molar-refractivity contribution in [3.63, 3.8) is 0 Å². The molecule has 3 N–H and O–H groups in total. The maximum atomic E-state index is 10.9. The third kappa shape index (κ3) is 2.45. The number of benzene rings is 1. The monoisotopic (exact) mass is 249 g/mol. The first-order valence-corrected chi connectivity index (χ1v) is 5.74. The van der Waals surface area contributed by atoms with E-state index < -0.39 is 5.97 Å². The fourth-order valence-corrected chi connectivity index (χ4v) is 2.27. The Morgan fingerprint density at radius 1 is 1.41 bits per heavy atom. The lowest BCUT2D eigenvalue weighted by Gasteiger charge is -2.04. The van der Waals surface area contributed by atoms with Gasteiger partial charge in [-0.2, -0.15) is 0 Å². The third-order valence-electron chi connectivity index (χ3n) is 2.29. The lowest BCUT2D eigenvalue weighted by molar-refractivity contribution is 0.0698. The van der Waals surface area contributed by atoms with Gasteiger partial charge in [-0.25, -0.2) is 4.79 Å². The molecule has 0 unspecified atom stereocenters. The van der Waals surface area contributed by atoms with E-state index in [0.717, 1.165) is 15.6 Å². The molecule has 0 aliphatic rings. The Bertz CT molecular complexity index is 563. The molecular formula is C12H11NO3S. The summed E-state index contributed by atoms with van der Waals surface area (Å²) in [6.07, 6.45) is 1.60. The highest BCUT2D eigenvalue weighted by Gasteiger charge is 2.10. The molecule has 0 saturated heterocycles. The van der Waals surface area contributed by atoms with E-state index in [0.29, 0.717) is 0 Å². The summed E-state index contributed by atoms with van der Waals surface area (Å²) >= 11 is 1.45. The van der Waals surface area contributed by atoms with Gasteiger partial charge < -0.3 is 15.3 Å². The molecule has 2 aromatic rings. The number of aromatic carboxylic acids is 1. The lowest BCUT2D eigenvalue weighted by atomic mass is 10.2. The number of hydrogen-bond donors (Lipinski definition) is 2. The smallest absolute Gasteiger partial charge is 0.337 e. The minimum Gasteiger partial charge on any atom is -0.478 e. The molecule has 0 saturated carbocycles. The molecule has 0 spiro atoms. The van der Waals surface area contributed by atoms with Gasteiger partial charge in [-0.1, -0.05) is 11.8 Å². The molecule has 88 valence electrons. The van der Waals surface area contributed by atoms with E-state index in [2.05, 4.69) is 0 Å². The minimum absolute atomic E-state index is 0.121. The SMILES string of the molecule is Cc1occc1Sc1ccc(N)c(C(=O)O)c1. The van der Waals surface area contributed by atoms with E-state index in [1.807, 2.05) is 13.0 Å². The zero-order valence-corrected chi connectivity index (χ0v) is 9.95. The van der Waals surface area contributed by atoms with Gasteiger partial charge in [0.1, 0.15) is 5.76 Å². The molecule has 0 bridgehead atoms. The van der Waals surface area contributed by atoms with Crippen molar-refractivity contribution >= 4 is 23.4 Å². The Balaban J connectivity index is 2.32. The number of hydrogen-bond acceptors (Lipinski definition) is 4. The summed E-state index contributed by atoms with van der Waals surface area (Å²) in [5.41, 5.74) is 5.98. The van der Waals surface area contributed by atoms with Crippen molar-refractivity contribution < 1.29 is 14.3 Å². The number of nitrogen functional groups attached to an aromatic ring is 1. The summed E-state index contributed by atoms with van der Waals surface area (Å²) in [7, 11) is 0. The van der Waals surface area contributed by atoms with E-state index >= 15 is 0 Å². The first kappa shape index (κ1) is 11.6. The average molecular weight is 249 g/mol. The van der Waals surface area contributed by atoms with Crippen LogP contribution < -0.4 is 5.73 Å². The van der Waals surface area contributed by atoms with Gasteiger partial charge in [0.05, 0.1) is 16.7 Å². The zero-order valence-electron chi connectivity index (χ0n) is 9.14. The quantitative estimate of drug-likeness (QED) is 0.818. The number of carboxylic acids is 1. The van der Waals surface area contributed by atoms with Crippen LogP contribution in [0.2, 0.25) is 0 Å². The van der Waals surface area contributed by atoms with Crippen LogP contribution in [0.5, 0.6) is 0 Å². The molecule has 5 heteroatoms. The summed E-state index contributed by atoms with van der Waals surface area (Å²) in [4.78, 5) is 12.7. The van der Waals surface area contributed by atoms with Crippen molar-refractivity contribution in [2.75, 3.05) is 5.73 Å². The molecule has 0 atom stereocenters. The van der Waals surface area contributed by atoms with E-state index in [1.54, 1.807) is 24.5 Å². The second-order valence-corrected chi connectivity index (χ2v) is 4.61. The number of aryl methyl sites for hydroxylation is 1. The first-order valence-electron chi connectivity index (χ1n) is 4.92. The molecule has 2 rings (SSSR count). The summed E-state index contributed by atoms with van der Waals surface area (Å²) in [5, 5.41) is 8.96. The van der Waals surface area contributed by atoms with E-state index in [4.69, 9.17) is 15.3 Å². The average Bonchev–Trinajstić information content (AvgIpc) is 2.67. The van der Waals surface area contributed by atoms with E-state index in [1.165, 1.54) is 11.8 Å². The van der Waals surface area contributed by atoms with Gasteiger partial charge in [0.25, 0.3) is 0 Å². The zero-order chi connectivity index (χ0) is 12.4. The molecule has 17 heavy (non-hydrogen) atoms. The normalized spacial score (nSPS) is 10.4. The number of rotatable bonds is 3. The number of nitrogens with two attached hydrogens (primary N) is 1. The van der Waals surface area contributed by atoms with Crippen LogP contribution in [0.4, 0.5) is 5.69 Å². The van der Waals surface area contributed by atoms with Crippen LogP contribution in [0, 0.1) is 6.92 Å². The predicted octanol–water partition coefficient (Wildman–Crippen LogP) is 3.02. The first-order chi connectivity index (χ1) is 8.08. The van der Waals surface area contributed by atoms with Crippen LogP contribution in [-0.4, -0.2) is 11.1 Å². The fraction of sp³-hybridized carbons (Fsp3) is 0.0833. The van der Waals surface area contributed by atoms with Gasteiger partial charge in [-0.15, -0.1) is 0 Å². The van der Waals surface area contributed by atoms with Crippen LogP contribution in [0.25, 0.3) is 0 Å². The Labute approximate surface area is 102 Å². The molecule has 1 aromatic carbocycles. The molecular weight excluding hydrogens is 238 g/mol. The van der Waals surface area contributed by atoms with Crippen molar-refractivity contribution in [2.24, 2.45) is 0 Å². The lowest BCUT2D eigenvalue weighted by Crippen LogP contribution is -2.01. The molecule has 0 amide bonds. The Morgan fingerprint density at radius 2 is 2.18 bits per heavy atom. The predicted molar refractivity (Wildman–Crippen MR) is 65.4 cm³/mol. The van der Waals surface area contributed by atoms with Gasteiger partial charge in [-0.05, 0) is 31.2 Å². The topological polar surface area (TPSA) is 76.5 Å². The summed E-state index contributed by atoms with van der Waals surface area (Å²) in [6.45, 7) is 1.86. The standard InChI is InChI=1S/C12H11NO3S/c1-7-11(4-5-16-7)17-8-2-3-10(13)9(6-8)12(14)15/h2-6H,13H2,1H3,(H,14,15). The fourth-order valence-electron chi connectivity index (χ4n) is 1.39. The van der Waals surface area contributed by atoms with Crippen LogP contribution in [0.3, 0.4) is 0 Å². The molecule has 4 nitrogen and oxygen atoms in total.